The lowest BCUT2D eigenvalue weighted by Crippen LogP contribution is -2.24. The predicted molar refractivity (Wildman–Crippen MR) is 96.7 cm³/mol. The van der Waals surface area contributed by atoms with E-state index in [0.717, 1.165) is 30.7 Å². The van der Waals surface area contributed by atoms with Crippen molar-refractivity contribution in [1.82, 2.24) is 0 Å². The summed E-state index contributed by atoms with van der Waals surface area (Å²) in [5.74, 6) is 1.44. The van der Waals surface area contributed by atoms with Gasteiger partial charge in [-0.3, -0.25) is 10.1 Å². The van der Waals surface area contributed by atoms with Gasteiger partial charge in [0.05, 0.1) is 36.4 Å². The van der Waals surface area contributed by atoms with Gasteiger partial charge in [0.25, 0.3) is 5.69 Å². The number of hydrogen-bond donors (Lipinski definition) is 0. The summed E-state index contributed by atoms with van der Waals surface area (Å²) in [4.78, 5) is 12.6. The molecule has 1 atom stereocenters. The zero-order chi connectivity index (χ0) is 18.7. The number of nitrogens with zero attached hydrogens (tertiary/aromatic N) is 3. The normalized spacial score (nSPS) is 16.2. The van der Waals surface area contributed by atoms with Crippen LogP contribution in [0.15, 0.2) is 36.4 Å². The Bertz CT molecular complexity index is 876. The van der Waals surface area contributed by atoms with Crippen LogP contribution in [0.5, 0.6) is 11.5 Å². The number of anilines is 1. The van der Waals surface area contributed by atoms with E-state index in [9.17, 15) is 15.4 Å². The molecule has 26 heavy (non-hydrogen) atoms. The van der Waals surface area contributed by atoms with Crippen molar-refractivity contribution < 1.29 is 14.4 Å². The largest absolute Gasteiger partial charge is 0.497 e. The summed E-state index contributed by atoms with van der Waals surface area (Å²) in [6.45, 7) is 0.770. The first-order valence-corrected chi connectivity index (χ1v) is 8.26. The van der Waals surface area contributed by atoms with E-state index in [2.05, 4.69) is 11.0 Å². The van der Waals surface area contributed by atoms with Crippen molar-refractivity contribution in [1.29, 1.82) is 5.26 Å². The molecule has 2 aromatic carbocycles. The molecule has 1 aliphatic heterocycles. The number of nitro groups is 1. The second-order valence-electron chi connectivity index (χ2n) is 6.03. The molecule has 3 rings (SSSR count). The van der Waals surface area contributed by atoms with Crippen molar-refractivity contribution in [3.63, 3.8) is 0 Å². The highest BCUT2D eigenvalue weighted by Gasteiger charge is 2.30. The first kappa shape index (κ1) is 17.5. The smallest absolute Gasteiger partial charge is 0.270 e. The molecule has 0 bridgehead atoms. The zero-order valence-electron chi connectivity index (χ0n) is 14.6. The Morgan fingerprint density at radius 2 is 2.04 bits per heavy atom. The van der Waals surface area contributed by atoms with Gasteiger partial charge in [-0.2, -0.15) is 5.26 Å². The summed E-state index contributed by atoms with van der Waals surface area (Å²) < 4.78 is 10.8. The lowest BCUT2D eigenvalue weighted by molar-refractivity contribution is -0.384. The molecule has 7 heteroatoms. The Morgan fingerprint density at radius 1 is 1.23 bits per heavy atom. The van der Waals surface area contributed by atoms with E-state index < -0.39 is 4.92 Å². The molecule has 1 aliphatic rings. The van der Waals surface area contributed by atoms with Gasteiger partial charge < -0.3 is 14.4 Å². The number of rotatable bonds is 5. The highest BCUT2D eigenvalue weighted by Crippen LogP contribution is 2.42. The van der Waals surface area contributed by atoms with Crippen LogP contribution in [0, 0.1) is 21.4 Å². The molecule has 0 aromatic heterocycles. The average molecular weight is 353 g/mol. The molecule has 0 N–H and O–H groups in total. The highest BCUT2D eigenvalue weighted by molar-refractivity contribution is 5.65. The number of non-ortho nitro benzene ring substituents is 1. The minimum Gasteiger partial charge on any atom is -0.497 e. The van der Waals surface area contributed by atoms with Crippen molar-refractivity contribution in [3.05, 3.63) is 57.6 Å². The molecule has 0 amide bonds. The lowest BCUT2D eigenvalue weighted by atomic mass is 10.0. The molecule has 1 fully saturated rings. The summed E-state index contributed by atoms with van der Waals surface area (Å²) >= 11 is 0. The number of hydrogen-bond acceptors (Lipinski definition) is 6. The van der Waals surface area contributed by atoms with Crippen LogP contribution in [-0.4, -0.2) is 25.7 Å². The second kappa shape index (κ2) is 7.31. The standard InChI is InChI=1S/C19H19N3O4/c1-25-15-6-7-16(19(11-15)26-2)18-4-3-9-21(18)17-8-5-14(22(23)24)10-13(17)12-20/h5-8,10-11,18H,3-4,9H2,1-2H3/t18-/m0/s1. The van der Waals surface area contributed by atoms with Crippen LogP contribution in [0.3, 0.4) is 0 Å². The summed E-state index contributed by atoms with van der Waals surface area (Å²) in [7, 11) is 3.22. The summed E-state index contributed by atoms with van der Waals surface area (Å²) in [6, 6.07) is 12.2. The first-order chi connectivity index (χ1) is 12.6. The van der Waals surface area contributed by atoms with Crippen LogP contribution >= 0.6 is 0 Å². The van der Waals surface area contributed by atoms with E-state index in [0.29, 0.717) is 17.0 Å². The van der Waals surface area contributed by atoms with E-state index >= 15 is 0 Å². The van der Waals surface area contributed by atoms with Crippen LogP contribution in [0.4, 0.5) is 11.4 Å². The lowest BCUT2D eigenvalue weighted by Gasteiger charge is -2.29. The van der Waals surface area contributed by atoms with Gasteiger partial charge in [0.1, 0.15) is 17.6 Å². The predicted octanol–water partition coefficient (Wildman–Crippen LogP) is 3.83. The van der Waals surface area contributed by atoms with E-state index in [-0.39, 0.29) is 11.7 Å². The van der Waals surface area contributed by atoms with E-state index in [4.69, 9.17) is 9.47 Å². The Kier molecular flexibility index (Phi) is 4.94. The molecular formula is C19H19N3O4. The molecule has 2 aromatic rings. The minimum absolute atomic E-state index is 0.0319. The molecule has 0 aliphatic carbocycles. The maximum Gasteiger partial charge on any atom is 0.270 e. The van der Waals surface area contributed by atoms with Crippen LogP contribution in [0.2, 0.25) is 0 Å². The maximum atomic E-state index is 11.0. The third-order valence-electron chi connectivity index (χ3n) is 4.67. The molecule has 1 heterocycles. The first-order valence-electron chi connectivity index (χ1n) is 8.26. The highest BCUT2D eigenvalue weighted by atomic mass is 16.6. The number of ether oxygens (including phenoxy) is 2. The third-order valence-corrected chi connectivity index (χ3v) is 4.67. The minimum atomic E-state index is -0.488. The van der Waals surface area contributed by atoms with Gasteiger partial charge >= 0.3 is 0 Å². The van der Waals surface area contributed by atoms with Crippen LogP contribution in [-0.2, 0) is 0 Å². The molecule has 0 unspecified atom stereocenters. The maximum absolute atomic E-state index is 11.0. The quantitative estimate of drug-likeness (QED) is 0.599. The monoisotopic (exact) mass is 353 g/mol. The van der Waals surface area contributed by atoms with Crippen molar-refractivity contribution in [2.45, 2.75) is 18.9 Å². The van der Waals surface area contributed by atoms with Crippen molar-refractivity contribution in [2.24, 2.45) is 0 Å². The number of nitro benzene ring substituents is 1. The molecule has 0 spiro atoms. The van der Waals surface area contributed by atoms with Gasteiger partial charge in [0.2, 0.25) is 0 Å². The zero-order valence-corrected chi connectivity index (χ0v) is 14.6. The average Bonchev–Trinajstić information content (AvgIpc) is 3.15. The van der Waals surface area contributed by atoms with Gasteiger partial charge in [0, 0.05) is 30.3 Å². The van der Waals surface area contributed by atoms with E-state index in [1.807, 2.05) is 18.2 Å². The SMILES string of the molecule is COc1ccc([C@@H]2CCCN2c2ccc([N+](=O)[O-])cc2C#N)c(OC)c1. The molecule has 134 valence electrons. The van der Waals surface area contributed by atoms with Gasteiger partial charge in [-0.1, -0.05) is 0 Å². The van der Waals surface area contributed by atoms with Gasteiger partial charge in [0.15, 0.2) is 0 Å². The fourth-order valence-electron chi connectivity index (χ4n) is 3.45. The van der Waals surface area contributed by atoms with Crippen LogP contribution < -0.4 is 14.4 Å². The number of benzene rings is 2. The second-order valence-corrected chi connectivity index (χ2v) is 6.03. The Labute approximate surface area is 151 Å². The van der Waals surface area contributed by atoms with Gasteiger partial charge in [-0.05, 0) is 31.0 Å². The van der Waals surface area contributed by atoms with E-state index in [1.165, 1.54) is 12.1 Å². The van der Waals surface area contributed by atoms with Gasteiger partial charge in [-0.25, -0.2) is 0 Å². The fourth-order valence-corrected chi connectivity index (χ4v) is 3.45. The molecule has 1 saturated heterocycles. The van der Waals surface area contributed by atoms with Crippen molar-refractivity contribution in [3.8, 4) is 17.6 Å². The molecule has 0 radical (unpaired) electrons. The summed E-state index contributed by atoms with van der Waals surface area (Å²) in [5, 5.41) is 20.5. The topological polar surface area (TPSA) is 88.6 Å². The Morgan fingerprint density at radius 3 is 2.69 bits per heavy atom. The Hall–Kier alpha value is -3.27. The van der Waals surface area contributed by atoms with Crippen molar-refractivity contribution in [2.75, 3.05) is 25.7 Å². The summed E-state index contributed by atoms with van der Waals surface area (Å²) in [5.41, 5.74) is 1.94. The summed E-state index contributed by atoms with van der Waals surface area (Å²) in [6.07, 6.45) is 1.87. The van der Waals surface area contributed by atoms with Crippen LogP contribution in [0.1, 0.15) is 30.0 Å². The third kappa shape index (κ3) is 3.14. The Balaban J connectivity index is 2.02. The number of methoxy groups -OCH3 is 2. The molecule has 0 saturated carbocycles. The molecule has 7 nitrogen and oxygen atoms in total. The van der Waals surface area contributed by atoms with Crippen molar-refractivity contribution >= 4 is 11.4 Å². The van der Waals surface area contributed by atoms with Gasteiger partial charge in [-0.15, -0.1) is 0 Å². The fraction of sp³-hybridized carbons (Fsp3) is 0.316. The van der Waals surface area contributed by atoms with E-state index in [1.54, 1.807) is 20.3 Å². The van der Waals surface area contributed by atoms with Crippen LogP contribution in [0.25, 0.3) is 0 Å². The molecular weight excluding hydrogens is 334 g/mol. The number of nitriles is 1.